The molecule has 0 aliphatic rings. The van der Waals surface area contributed by atoms with Gasteiger partial charge in [0.15, 0.2) is 0 Å². The first-order valence-corrected chi connectivity index (χ1v) is 4.28. The second kappa shape index (κ2) is 5.36. The lowest BCUT2D eigenvalue weighted by Crippen LogP contribution is -2.38. The lowest BCUT2D eigenvalue weighted by molar-refractivity contribution is 0.159. The summed E-state index contributed by atoms with van der Waals surface area (Å²) in [5.41, 5.74) is 0. The van der Waals surface area contributed by atoms with Crippen LogP contribution in [0.25, 0.3) is 0 Å². The van der Waals surface area contributed by atoms with Gasteiger partial charge in [-0.2, -0.15) is 0 Å². The Bertz CT molecular complexity index is 267. The van der Waals surface area contributed by atoms with Crippen LogP contribution in [0, 0.1) is 0 Å². The number of imidazole rings is 1. The summed E-state index contributed by atoms with van der Waals surface area (Å²) in [5.74, 6) is 0. The van der Waals surface area contributed by atoms with Crippen LogP contribution in [0.5, 0.6) is 0 Å². The molecule has 0 aliphatic heterocycles. The van der Waals surface area contributed by atoms with Crippen molar-refractivity contribution >= 4 is 6.03 Å². The van der Waals surface area contributed by atoms with E-state index in [0.29, 0.717) is 0 Å². The zero-order chi connectivity index (χ0) is 10.4. The zero-order valence-corrected chi connectivity index (χ0v) is 7.70. The molecule has 0 fully saturated rings. The van der Waals surface area contributed by atoms with Gasteiger partial charge in [0, 0.05) is 25.5 Å². The van der Waals surface area contributed by atoms with Crippen molar-refractivity contribution in [3.05, 3.63) is 18.7 Å². The highest BCUT2D eigenvalue weighted by Gasteiger charge is 2.13. The smallest absolute Gasteiger partial charge is 0.329 e. The Morgan fingerprint density at radius 1 is 1.36 bits per heavy atom. The van der Waals surface area contributed by atoms with E-state index >= 15 is 0 Å². The normalized spacial score (nSPS) is 10.1. The van der Waals surface area contributed by atoms with E-state index in [9.17, 15) is 4.79 Å². The Morgan fingerprint density at radius 2 is 2.00 bits per heavy atom. The molecular formula is C8H13N3O3. The van der Waals surface area contributed by atoms with Gasteiger partial charge < -0.3 is 15.1 Å². The van der Waals surface area contributed by atoms with Gasteiger partial charge in [-0.1, -0.05) is 0 Å². The Balaban J connectivity index is 2.63. The molecule has 0 saturated heterocycles. The van der Waals surface area contributed by atoms with Gasteiger partial charge in [0.1, 0.15) is 6.33 Å². The first-order chi connectivity index (χ1) is 6.79. The number of aliphatic hydroxyl groups excluding tert-OH is 2. The molecule has 1 aromatic rings. The van der Waals surface area contributed by atoms with E-state index in [1.165, 1.54) is 28.2 Å². The molecule has 14 heavy (non-hydrogen) atoms. The van der Waals surface area contributed by atoms with Gasteiger partial charge in [-0.15, -0.1) is 0 Å². The minimum absolute atomic E-state index is 0.125. The highest BCUT2D eigenvalue weighted by Crippen LogP contribution is 1.95. The molecule has 1 amide bonds. The van der Waals surface area contributed by atoms with Crippen LogP contribution in [-0.2, 0) is 0 Å². The number of nitrogens with zero attached hydrogens (tertiary/aromatic N) is 3. The summed E-state index contributed by atoms with van der Waals surface area (Å²) < 4.78 is 1.30. The average molecular weight is 199 g/mol. The number of carbonyl (C=O) groups is 1. The molecular weight excluding hydrogens is 186 g/mol. The van der Waals surface area contributed by atoms with E-state index < -0.39 is 0 Å². The maximum Gasteiger partial charge on any atom is 0.329 e. The van der Waals surface area contributed by atoms with Gasteiger partial charge in [0.25, 0.3) is 0 Å². The lowest BCUT2D eigenvalue weighted by Gasteiger charge is -2.20. The summed E-state index contributed by atoms with van der Waals surface area (Å²) >= 11 is 0. The molecule has 2 N–H and O–H groups in total. The highest BCUT2D eigenvalue weighted by atomic mass is 16.3. The van der Waals surface area contributed by atoms with Crippen molar-refractivity contribution < 1.29 is 15.0 Å². The number of carbonyl (C=O) groups excluding carboxylic acids is 1. The number of rotatable bonds is 4. The molecule has 0 saturated carbocycles. The topological polar surface area (TPSA) is 78.6 Å². The molecule has 6 heteroatoms. The van der Waals surface area contributed by atoms with Crippen LogP contribution < -0.4 is 0 Å². The summed E-state index contributed by atoms with van der Waals surface area (Å²) in [4.78, 5) is 16.7. The second-order valence-corrected chi connectivity index (χ2v) is 2.69. The van der Waals surface area contributed by atoms with Crippen LogP contribution in [0.3, 0.4) is 0 Å². The molecule has 0 bridgehead atoms. The Labute approximate surface area is 81.4 Å². The van der Waals surface area contributed by atoms with Crippen LogP contribution in [0.2, 0.25) is 0 Å². The molecule has 6 nitrogen and oxygen atoms in total. The summed E-state index contributed by atoms with van der Waals surface area (Å²) in [7, 11) is 0. The van der Waals surface area contributed by atoms with Gasteiger partial charge in [0.05, 0.1) is 13.2 Å². The first kappa shape index (κ1) is 10.7. The minimum Gasteiger partial charge on any atom is -0.395 e. The van der Waals surface area contributed by atoms with Crippen molar-refractivity contribution in [1.29, 1.82) is 0 Å². The molecule has 0 radical (unpaired) electrons. The summed E-state index contributed by atoms with van der Waals surface area (Å²) in [6.07, 6.45) is 4.39. The predicted octanol–water partition coefficient (Wildman–Crippen LogP) is -0.862. The summed E-state index contributed by atoms with van der Waals surface area (Å²) in [6.45, 7) is 0.163. The van der Waals surface area contributed by atoms with Gasteiger partial charge in [-0.05, 0) is 0 Å². The summed E-state index contributed by atoms with van der Waals surface area (Å²) in [6, 6.07) is -0.300. The van der Waals surface area contributed by atoms with Crippen LogP contribution >= 0.6 is 0 Å². The standard InChI is InChI=1S/C8H13N3O3/c12-5-3-10(4-6-13)8(14)11-2-1-9-7-11/h1-2,7,12-13H,3-6H2. The maximum atomic E-state index is 11.6. The highest BCUT2D eigenvalue weighted by molar-refractivity contribution is 5.76. The molecule has 1 rings (SSSR count). The maximum absolute atomic E-state index is 11.6. The van der Waals surface area contributed by atoms with E-state index in [1.54, 1.807) is 0 Å². The molecule has 78 valence electrons. The van der Waals surface area contributed by atoms with Crippen molar-refractivity contribution in [2.75, 3.05) is 26.3 Å². The van der Waals surface area contributed by atoms with Crippen molar-refractivity contribution in [2.45, 2.75) is 0 Å². The Morgan fingerprint density at radius 3 is 2.43 bits per heavy atom. The molecule has 0 aliphatic carbocycles. The third-order valence-corrected chi connectivity index (χ3v) is 1.74. The van der Waals surface area contributed by atoms with Crippen LogP contribution in [0.1, 0.15) is 0 Å². The minimum atomic E-state index is -0.300. The monoisotopic (exact) mass is 199 g/mol. The number of hydrogen-bond donors (Lipinski definition) is 2. The average Bonchev–Trinajstić information content (AvgIpc) is 2.69. The van der Waals surface area contributed by atoms with Crippen molar-refractivity contribution in [2.24, 2.45) is 0 Å². The molecule has 0 unspecified atom stereocenters. The van der Waals surface area contributed by atoms with Crippen LogP contribution in [-0.4, -0.2) is 57.0 Å². The van der Waals surface area contributed by atoms with Gasteiger partial charge in [0.2, 0.25) is 0 Å². The van der Waals surface area contributed by atoms with E-state index in [4.69, 9.17) is 10.2 Å². The Kier molecular flexibility index (Phi) is 4.09. The third-order valence-electron chi connectivity index (χ3n) is 1.74. The van der Waals surface area contributed by atoms with E-state index in [0.717, 1.165) is 0 Å². The number of aromatic nitrogens is 2. The second-order valence-electron chi connectivity index (χ2n) is 2.69. The first-order valence-electron chi connectivity index (χ1n) is 4.28. The van der Waals surface area contributed by atoms with Gasteiger partial charge in [-0.3, -0.25) is 4.57 Å². The van der Waals surface area contributed by atoms with Crippen molar-refractivity contribution in [3.8, 4) is 0 Å². The lowest BCUT2D eigenvalue weighted by atomic mass is 10.5. The van der Waals surface area contributed by atoms with E-state index in [1.807, 2.05) is 0 Å². The third kappa shape index (κ3) is 2.54. The SMILES string of the molecule is O=C(N(CCO)CCO)n1ccnc1. The van der Waals surface area contributed by atoms with Gasteiger partial charge in [-0.25, -0.2) is 9.78 Å². The van der Waals surface area contributed by atoms with Crippen molar-refractivity contribution in [1.82, 2.24) is 14.5 Å². The molecule has 0 atom stereocenters. The van der Waals surface area contributed by atoms with E-state index in [-0.39, 0.29) is 32.3 Å². The number of aliphatic hydroxyl groups is 2. The largest absolute Gasteiger partial charge is 0.395 e. The summed E-state index contributed by atoms with van der Waals surface area (Å²) in [5, 5.41) is 17.4. The molecule has 0 spiro atoms. The van der Waals surface area contributed by atoms with Gasteiger partial charge >= 0.3 is 6.03 Å². The predicted molar refractivity (Wildman–Crippen MR) is 48.8 cm³/mol. The molecule has 1 aromatic heterocycles. The fourth-order valence-electron chi connectivity index (χ4n) is 1.08. The number of hydrogen-bond acceptors (Lipinski definition) is 4. The van der Waals surface area contributed by atoms with Crippen LogP contribution in [0.4, 0.5) is 4.79 Å². The fourth-order valence-corrected chi connectivity index (χ4v) is 1.08. The quantitative estimate of drug-likeness (QED) is 0.661. The molecule has 1 heterocycles. The van der Waals surface area contributed by atoms with Crippen molar-refractivity contribution in [3.63, 3.8) is 0 Å². The zero-order valence-electron chi connectivity index (χ0n) is 7.70. The number of amides is 1. The molecule has 0 aromatic carbocycles. The van der Waals surface area contributed by atoms with Crippen LogP contribution in [0.15, 0.2) is 18.7 Å². The van der Waals surface area contributed by atoms with E-state index in [2.05, 4.69) is 4.98 Å². The Hall–Kier alpha value is -1.40. The fraction of sp³-hybridized carbons (Fsp3) is 0.500.